The summed E-state index contributed by atoms with van der Waals surface area (Å²) in [7, 11) is -0.0201. The van der Waals surface area contributed by atoms with Crippen LogP contribution in [0.25, 0.3) is 0 Å². The molecule has 0 atom stereocenters. The van der Waals surface area contributed by atoms with Crippen molar-refractivity contribution in [2.24, 2.45) is 0 Å². The van der Waals surface area contributed by atoms with E-state index in [1.54, 1.807) is 19.1 Å². The molecule has 2 rings (SSSR count). The summed E-state index contributed by atoms with van der Waals surface area (Å²) >= 11 is 0. The van der Waals surface area contributed by atoms with Gasteiger partial charge in [-0.15, -0.1) is 0 Å². The molecule has 0 spiro atoms. The minimum absolute atomic E-state index is 0.173. The Hall–Kier alpha value is -2.00. The minimum Gasteiger partial charge on any atom is -0.493 e. The molecule has 0 radical (unpaired) electrons. The van der Waals surface area contributed by atoms with Crippen LogP contribution >= 0.6 is 0 Å². The number of sulfonamides is 1. The topological polar surface area (TPSA) is 88.2 Å². The van der Waals surface area contributed by atoms with Crippen molar-refractivity contribution in [3.05, 3.63) is 23.8 Å². The van der Waals surface area contributed by atoms with Crippen molar-refractivity contribution in [2.75, 3.05) is 53.2 Å². The molecule has 9 heteroatoms. The van der Waals surface area contributed by atoms with Gasteiger partial charge in [0.05, 0.1) is 20.5 Å². The Balaban J connectivity index is 1.79. The van der Waals surface area contributed by atoms with E-state index in [4.69, 9.17) is 9.47 Å². The number of hydrogen-bond donors (Lipinski definition) is 1. The number of rotatable bonds is 6. The van der Waals surface area contributed by atoms with Gasteiger partial charge >= 0.3 is 6.03 Å². The number of amides is 2. The van der Waals surface area contributed by atoms with Gasteiger partial charge in [0.1, 0.15) is 0 Å². The minimum atomic E-state index is -3.19. The van der Waals surface area contributed by atoms with E-state index in [9.17, 15) is 13.2 Å². The molecule has 0 saturated carbocycles. The van der Waals surface area contributed by atoms with Crippen LogP contribution in [0.4, 0.5) is 4.79 Å². The summed E-state index contributed by atoms with van der Waals surface area (Å²) in [4.78, 5) is 13.8. The van der Waals surface area contributed by atoms with Crippen LogP contribution in [0.5, 0.6) is 11.5 Å². The summed E-state index contributed by atoms with van der Waals surface area (Å²) < 4.78 is 34.8. The van der Waals surface area contributed by atoms with Crippen LogP contribution in [-0.2, 0) is 16.4 Å². The second-order valence-corrected chi connectivity index (χ2v) is 7.80. The van der Waals surface area contributed by atoms with E-state index in [0.717, 1.165) is 5.56 Å². The van der Waals surface area contributed by atoms with Crippen molar-refractivity contribution in [1.82, 2.24) is 14.5 Å². The zero-order chi connectivity index (χ0) is 18.4. The summed E-state index contributed by atoms with van der Waals surface area (Å²) in [6.07, 6.45) is 1.85. The van der Waals surface area contributed by atoms with E-state index in [1.165, 1.54) is 10.6 Å². The third-order valence-electron chi connectivity index (χ3n) is 4.13. The summed E-state index contributed by atoms with van der Waals surface area (Å²) in [5, 5.41) is 2.87. The maximum Gasteiger partial charge on any atom is 0.317 e. The van der Waals surface area contributed by atoms with Gasteiger partial charge < -0.3 is 19.7 Å². The van der Waals surface area contributed by atoms with Gasteiger partial charge in [0, 0.05) is 32.7 Å². The second-order valence-electron chi connectivity index (χ2n) is 5.82. The lowest BCUT2D eigenvalue weighted by Gasteiger charge is -2.33. The molecule has 1 N–H and O–H groups in total. The van der Waals surface area contributed by atoms with Crippen molar-refractivity contribution in [3.8, 4) is 11.5 Å². The lowest BCUT2D eigenvalue weighted by Crippen LogP contribution is -2.53. The number of benzene rings is 1. The number of nitrogens with one attached hydrogen (secondary N) is 1. The van der Waals surface area contributed by atoms with Gasteiger partial charge in [0.2, 0.25) is 10.0 Å². The van der Waals surface area contributed by atoms with Gasteiger partial charge in [0.15, 0.2) is 11.5 Å². The average Bonchev–Trinajstić information content (AvgIpc) is 2.60. The first-order valence-corrected chi connectivity index (χ1v) is 9.88. The molecule has 1 aromatic rings. The van der Waals surface area contributed by atoms with Crippen LogP contribution < -0.4 is 14.8 Å². The number of urea groups is 1. The summed E-state index contributed by atoms with van der Waals surface area (Å²) in [5.74, 6) is 1.32. The lowest BCUT2D eigenvalue weighted by atomic mass is 10.1. The van der Waals surface area contributed by atoms with Gasteiger partial charge in [0.25, 0.3) is 0 Å². The van der Waals surface area contributed by atoms with E-state index in [-0.39, 0.29) is 6.03 Å². The lowest BCUT2D eigenvalue weighted by molar-refractivity contribution is 0.172. The molecule has 1 aromatic carbocycles. The molecule has 0 unspecified atom stereocenters. The molecule has 140 valence electrons. The van der Waals surface area contributed by atoms with Crippen LogP contribution in [-0.4, -0.2) is 76.9 Å². The molecule has 1 fully saturated rings. The molecule has 2 amide bonds. The van der Waals surface area contributed by atoms with Gasteiger partial charge in [-0.1, -0.05) is 6.07 Å². The van der Waals surface area contributed by atoms with Crippen molar-refractivity contribution in [3.63, 3.8) is 0 Å². The molecule has 1 aliphatic heterocycles. The normalized spacial score (nSPS) is 15.7. The smallest absolute Gasteiger partial charge is 0.317 e. The van der Waals surface area contributed by atoms with Crippen LogP contribution in [0.1, 0.15) is 5.56 Å². The molecule has 1 saturated heterocycles. The Bertz CT molecular complexity index is 700. The third-order valence-corrected chi connectivity index (χ3v) is 5.44. The SMILES string of the molecule is COc1ccc(CCNC(=O)N2CCN(S(C)(=O)=O)CC2)cc1OC. The first-order chi connectivity index (χ1) is 11.8. The fraction of sp³-hybridized carbons (Fsp3) is 0.562. The highest BCUT2D eigenvalue weighted by molar-refractivity contribution is 7.88. The predicted molar refractivity (Wildman–Crippen MR) is 94.6 cm³/mol. The number of carbonyl (C=O) groups excluding carboxylic acids is 1. The highest BCUT2D eigenvalue weighted by Gasteiger charge is 2.25. The van der Waals surface area contributed by atoms with Crippen LogP contribution in [0, 0.1) is 0 Å². The molecule has 0 aliphatic carbocycles. The van der Waals surface area contributed by atoms with Gasteiger partial charge in [-0.3, -0.25) is 0 Å². The number of nitrogens with zero attached hydrogens (tertiary/aromatic N) is 2. The molecule has 0 aromatic heterocycles. The quantitative estimate of drug-likeness (QED) is 0.788. The van der Waals surface area contributed by atoms with E-state index in [0.29, 0.717) is 50.6 Å². The van der Waals surface area contributed by atoms with Crippen LogP contribution in [0.3, 0.4) is 0 Å². The van der Waals surface area contributed by atoms with Crippen molar-refractivity contribution < 1.29 is 22.7 Å². The molecule has 0 bridgehead atoms. The van der Waals surface area contributed by atoms with Crippen molar-refractivity contribution in [2.45, 2.75) is 6.42 Å². The van der Waals surface area contributed by atoms with E-state index < -0.39 is 10.0 Å². The van der Waals surface area contributed by atoms with E-state index >= 15 is 0 Å². The fourth-order valence-corrected chi connectivity index (χ4v) is 3.51. The maximum absolute atomic E-state index is 12.2. The predicted octanol–water partition coefficient (Wildman–Crippen LogP) is 0.533. The monoisotopic (exact) mass is 371 g/mol. The standard InChI is InChI=1S/C16H25N3O5S/c1-23-14-5-4-13(12-15(14)24-2)6-7-17-16(20)18-8-10-19(11-9-18)25(3,21)22/h4-5,12H,6-11H2,1-3H3,(H,17,20). The Morgan fingerprint density at radius 2 is 1.76 bits per heavy atom. The summed E-state index contributed by atoms with van der Waals surface area (Å²) in [6.45, 7) is 1.95. The zero-order valence-electron chi connectivity index (χ0n) is 14.8. The highest BCUT2D eigenvalue weighted by atomic mass is 32.2. The Kier molecular flexibility index (Phi) is 6.49. The van der Waals surface area contributed by atoms with E-state index in [2.05, 4.69) is 5.32 Å². The van der Waals surface area contributed by atoms with E-state index in [1.807, 2.05) is 18.2 Å². The van der Waals surface area contributed by atoms with Crippen LogP contribution in [0.15, 0.2) is 18.2 Å². The third kappa shape index (κ3) is 5.23. The first-order valence-electron chi connectivity index (χ1n) is 8.04. The Morgan fingerprint density at radius 3 is 2.32 bits per heavy atom. The van der Waals surface area contributed by atoms with Crippen molar-refractivity contribution in [1.29, 1.82) is 0 Å². The molecule has 8 nitrogen and oxygen atoms in total. The molecular formula is C16H25N3O5S. The van der Waals surface area contributed by atoms with Gasteiger partial charge in [-0.05, 0) is 24.1 Å². The fourth-order valence-electron chi connectivity index (χ4n) is 2.68. The number of carbonyl (C=O) groups is 1. The first kappa shape index (κ1) is 19.3. The molecule has 1 heterocycles. The molecule has 1 aliphatic rings. The zero-order valence-corrected chi connectivity index (χ0v) is 15.6. The molecular weight excluding hydrogens is 346 g/mol. The van der Waals surface area contributed by atoms with Gasteiger partial charge in [-0.2, -0.15) is 4.31 Å². The summed E-state index contributed by atoms with van der Waals surface area (Å²) in [6, 6.07) is 5.47. The van der Waals surface area contributed by atoms with Crippen molar-refractivity contribution >= 4 is 16.1 Å². The maximum atomic E-state index is 12.2. The van der Waals surface area contributed by atoms with Crippen LogP contribution in [0.2, 0.25) is 0 Å². The Labute approximate surface area is 148 Å². The molecule has 25 heavy (non-hydrogen) atoms. The number of piperazine rings is 1. The number of hydrogen-bond acceptors (Lipinski definition) is 5. The highest BCUT2D eigenvalue weighted by Crippen LogP contribution is 2.27. The number of methoxy groups -OCH3 is 2. The Morgan fingerprint density at radius 1 is 1.12 bits per heavy atom. The number of ether oxygens (including phenoxy) is 2. The van der Waals surface area contributed by atoms with Gasteiger partial charge in [-0.25, -0.2) is 13.2 Å². The second kappa shape index (κ2) is 8.39. The average molecular weight is 371 g/mol. The largest absolute Gasteiger partial charge is 0.493 e. The summed E-state index contributed by atoms with van der Waals surface area (Å²) in [5.41, 5.74) is 1.03.